The third-order valence-electron chi connectivity index (χ3n) is 4.83. The van der Waals surface area contributed by atoms with Gasteiger partial charge in [0.25, 0.3) is 5.91 Å². The van der Waals surface area contributed by atoms with E-state index in [1.54, 1.807) is 19.1 Å². The van der Waals surface area contributed by atoms with Gasteiger partial charge >= 0.3 is 0 Å². The topological polar surface area (TPSA) is 75.8 Å². The Morgan fingerprint density at radius 1 is 0.812 bits per heavy atom. The predicted octanol–water partition coefficient (Wildman–Crippen LogP) is 6.20. The van der Waals surface area contributed by atoms with Gasteiger partial charge in [-0.05, 0) is 52.1 Å². The van der Waals surface area contributed by atoms with E-state index < -0.39 is 0 Å². The second kappa shape index (κ2) is 10.8. The summed E-state index contributed by atoms with van der Waals surface area (Å²) in [6, 6.07) is 23.2. The van der Waals surface area contributed by atoms with Crippen LogP contribution < -0.4 is 5.84 Å². The Morgan fingerprint density at radius 2 is 1.19 bits per heavy atom. The Kier molecular flexibility index (Phi) is 7.62. The molecule has 0 aliphatic rings. The smallest absolute Gasteiger partial charge is 0.263 e. The standard InChI is InChI=1S/C27H25N3O2/c1-20(2)27(31)30(28)19-25-13-11-23(12-14-25)8-7-21-3-5-22(6-4-21)9-10-24-15-17-26(29-32)18-16-24/h3-18H,1,19,28H2,2H3/b8-7+,10-9+. The van der Waals surface area contributed by atoms with Crippen molar-refractivity contribution < 1.29 is 4.79 Å². The van der Waals surface area contributed by atoms with Crippen molar-refractivity contribution in [2.75, 3.05) is 0 Å². The van der Waals surface area contributed by atoms with Gasteiger partial charge in [-0.25, -0.2) is 5.84 Å². The second-order valence-electron chi connectivity index (χ2n) is 7.47. The Morgan fingerprint density at radius 3 is 1.56 bits per heavy atom. The van der Waals surface area contributed by atoms with Crippen LogP contribution in [-0.2, 0) is 11.3 Å². The van der Waals surface area contributed by atoms with Crippen LogP contribution in [0.1, 0.15) is 34.7 Å². The largest absolute Gasteiger partial charge is 0.272 e. The van der Waals surface area contributed by atoms with Crippen molar-refractivity contribution in [3.05, 3.63) is 118 Å². The number of hydrazine groups is 1. The van der Waals surface area contributed by atoms with Gasteiger partial charge < -0.3 is 0 Å². The summed E-state index contributed by atoms with van der Waals surface area (Å²) in [5.74, 6) is 5.53. The zero-order chi connectivity index (χ0) is 22.9. The monoisotopic (exact) mass is 423 g/mol. The molecule has 0 saturated carbocycles. The van der Waals surface area contributed by atoms with Crippen molar-refractivity contribution in [3.63, 3.8) is 0 Å². The average Bonchev–Trinajstić information content (AvgIpc) is 2.82. The highest BCUT2D eigenvalue weighted by atomic mass is 16.3. The molecule has 0 unspecified atom stereocenters. The first kappa shape index (κ1) is 22.6. The summed E-state index contributed by atoms with van der Waals surface area (Å²) in [7, 11) is 0. The molecule has 0 heterocycles. The highest BCUT2D eigenvalue weighted by molar-refractivity contribution is 5.91. The van der Waals surface area contributed by atoms with E-state index in [1.165, 1.54) is 5.01 Å². The highest BCUT2D eigenvalue weighted by Gasteiger charge is 2.10. The quantitative estimate of drug-likeness (QED) is 0.117. The molecule has 0 bridgehead atoms. The minimum absolute atomic E-state index is 0.264. The molecule has 3 aromatic rings. The highest BCUT2D eigenvalue weighted by Crippen LogP contribution is 2.16. The summed E-state index contributed by atoms with van der Waals surface area (Å²) < 4.78 is 0. The summed E-state index contributed by atoms with van der Waals surface area (Å²) in [6.45, 7) is 5.60. The Labute approximate surface area is 188 Å². The number of carbonyl (C=O) groups is 1. The van der Waals surface area contributed by atoms with Gasteiger partial charge in [-0.3, -0.25) is 9.80 Å². The van der Waals surface area contributed by atoms with Crippen LogP contribution in [0.15, 0.2) is 90.1 Å². The summed E-state index contributed by atoms with van der Waals surface area (Å²) in [5, 5.41) is 4.07. The maximum absolute atomic E-state index is 11.8. The van der Waals surface area contributed by atoms with Gasteiger partial charge in [-0.15, -0.1) is 4.91 Å². The van der Waals surface area contributed by atoms with Crippen molar-refractivity contribution in [1.82, 2.24) is 5.01 Å². The van der Waals surface area contributed by atoms with Crippen molar-refractivity contribution >= 4 is 35.9 Å². The minimum atomic E-state index is -0.264. The first-order valence-electron chi connectivity index (χ1n) is 10.2. The maximum atomic E-state index is 11.8. The first-order chi connectivity index (χ1) is 15.4. The number of rotatable bonds is 8. The number of amides is 1. The number of hydrogen-bond donors (Lipinski definition) is 1. The molecule has 3 aromatic carbocycles. The summed E-state index contributed by atoms with van der Waals surface area (Å²) in [4.78, 5) is 22.3. The number of benzene rings is 3. The lowest BCUT2D eigenvalue weighted by atomic mass is 10.1. The predicted molar refractivity (Wildman–Crippen MR) is 132 cm³/mol. The Bertz CT molecular complexity index is 1140. The van der Waals surface area contributed by atoms with Crippen molar-refractivity contribution in [2.24, 2.45) is 11.0 Å². The normalized spacial score (nSPS) is 11.1. The molecule has 0 spiro atoms. The van der Waals surface area contributed by atoms with Gasteiger partial charge in [0, 0.05) is 5.57 Å². The lowest BCUT2D eigenvalue weighted by Crippen LogP contribution is -2.37. The van der Waals surface area contributed by atoms with Gasteiger partial charge in [-0.1, -0.05) is 91.5 Å². The molecule has 2 N–H and O–H groups in total. The van der Waals surface area contributed by atoms with Crippen LogP contribution in [0, 0.1) is 4.91 Å². The third kappa shape index (κ3) is 6.45. The Balaban J connectivity index is 1.58. The number of carbonyl (C=O) groups excluding carboxylic acids is 1. The van der Waals surface area contributed by atoms with E-state index in [9.17, 15) is 9.70 Å². The first-order valence-corrected chi connectivity index (χ1v) is 10.2. The van der Waals surface area contributed by atoms with E-state index in [4.69, 9.17) is 5.84 Å². The van der Waals surface area contributed by atoms with Crippen LogP contribution in [-0.4, -0.2) is 10.9 Å². The molecule has 0 aliphatic carbocycles. The molecule has 0 aromatic heterocycles. The molecule has 1 amide bonds. The van der Waals surface area contributed by atoms with Crippen molar-refractivity contribution in [2.45, 2.75) is 13.5 Å². The lowest BCUT2D eigenvalue weighted by Gasteiger charge is -2.16. The van der Waals surface area contributed by atoms with Crippen LogP contribution in [0.2, 0.25) is 0 Å². The zero-order valence-corrected chi connectivity index (χ0v) is 17.9. The van der Waals surface area contributed by atoms with Crippen LogP contribution in [0.25, 0.3) is 24.3 Å². The fourth-order valence-corrected chi connectivity index (χ4v) is 3.00. The molecule has 160 valence electrons. The third-order valence-corrected chi connectivity index (χ3v) is 4.83. The maximum Gasteiger partial charge on any atom is 0.263 e. The molecular formula is C27H25N3O2. The molecule has 32 heavy (non-hydrogen) atoms. The molecular weight excluding hydrogens is 398 g/mol. The van der Waals surface area contributed by atoms with Gasteiger partial charge in [0.15, 0.2) is 0 Å². The molecule has 5 heteroatoms. The fourth-order valence-electron chi connectivity index (χ4n) is 3.00. The SMILES string of the molecule is C=C(C)C(=O)N(N)Cc1ccc(/C=C/c2ccc(/C=C/c3ccc(N=O)cc3)cc2)cc1. The van der Waals surface area contributed by atoms with E-state index in [1.807, 2.05) is 60.7 Å². The minimum Gasteiger partial charge on any atom is -0.272 e. The van der Waals surface area contributed by atoms with E-state index in [0.717, 1.165) is 27.8 Å². The van der Waals surface area contributed by atoms with Gasteiger partial charge in [0.2, 0.25) is 0 Å². The van der Waals surface area contributed by atoms with Crippen LogP contribution in [0.5, 0.6) is 0 Å². The summed E-state index contributed by atoms with van der Waals surface area (Å²) in [6.07, 6.45) is 8.10. The molecule has 0 fully saturated rings. The molecule has 0 radical (unpaired) electrons. The fraction of sp³-hybridized carbons (Fsp3) is 0.0741. The van der Waals surface area contributed by atoms with Gasteiger partial charge in [0.05, 0.1) is 6.54 Å². The number of nitrogens with two attached hydrogens (primary N) is 1. The number of nitrogens with zero attached hydrogens (tertiary/aromatic N) is 2. The summed E-state index contributed by atoms with van der Waals surface area (Å²) in [5.41, 5.74) is 6.03. The van der Waals surface area contributed by atoms with E-state index in [0.29, 0.717) is 17.8 Å². The van der Waals surface area contributed by atoms with Crippen LogP contribution >= 0.6 is 0 Å². The lowest BCUT2D eigenvalue weighted by molar-refractivity contribution is -0.127. The van der Waals surface area contributed by atoms with E-state index in [-0.39, 0.29) is 5.91 Å². The van der Waals surface area contributed by atoms with Crippen LogP contribution in [0.3, 0.4) is 0 Å². The zero-order valence-electron chi connectivity index (χ0n) is 17.9. The summed E-state index contributed by atoms with van der Waals surface area (Å²) >= 11 is 0. The van der Waals surface area contributed by atoms with E-state index in [2.05, 4.69) is 36.0 Å². The molecule has 0 atom stereocenters. The average molecular weight is 424 g/mol. The van der Waals surface area contributed by atoms with Crippen molar-refractivity contribution in [3.8, 4) is 0 Å². The van der Waals surface area contributed by atoms with Gasteiger partial charge in [0.1, 0.15) is 5.69 Å². The molecule has 0 saturated heterocycles. The van der Waals surface area contributed by atoms with Crippen LogP contribution in [0.4, 0.5) is 5.69 Å². The van der Waals surface area contributed by atoms with Crippen molar-refractivity contribution in [1.29, 1.82) is 0 Å². The molecule has 5 nitrogen and oxygen atoms in total. The Hall–Kier alpha value is -4.09. The molecule has 3 rings (SSSR count). The van der Waals surface area contributed by atoms with Gasteiger partial charge in [-0.2, -0.15) is 0 Å². The molecule has 0 aliphatic heterocycles. The number of hydrogen-bond acceptors (Lipinski definition) is 4. The van der Waals surface area contributed by atoms with E-state index >= 15 is 0 Å². The number of nitroso groups, excluding NO2 is 1. The second-order valence-corrected chi connectivity index (χ2v) is 7.47.